The van der Waals surface area contributed by atoms with Crippen LogP contribution < -0.4 is 10.6 Å². The Balaban J connectivity index is -0.000000274. The molecule has 0 saturated carbocycles. The van der Waals surface area contributed by atoms with E-state index >= 15 is 0 Å². The molecule has 0 rings (SSSR count). The maximum Gasteiger partial charge on any atom is 0.249 e. The van der Waals surface area contributed by atoms with Crippen LogP contribution in [0.15, 0.2) is 0 Å². The number of carbonyl (C=O) groups excluding carboxylic acids is 2. The third-order valence-corrected chi connectivity index (χ3v) is 2.62. The second kappa shape index (κ2) is 23.2. The molecule has 0 aromatic carbocycles. The molecule has 2 amide bonds. The lowest BCUT2D eigenvalue weighted by Crippen LogP contribution is -2.46. The molecule has 0 heterocycles. The van der Waals surface area contributed by atoms with E-state index in [9.17, 15) is 14.7 Å². The molecule has 0 aliphatic carbocycles. The minimum Gasteiger partial charge on any atom is -0.396 e. The first-order valence-corrected chi connectivity index (χ1v) is 9.30. The predicted molar refractivity (Wildman–Crippen MR) is 107 cm³/mol. The van der Waals surface area contributed by atoms with Crippen LogP contribution in [0.1, 0.15) is 61.3 Å². The quantitative estimate of drug-likeness (QED) is 0.478. The molecule has 0 aliphatic heterocycles. The van der Waals surface area contributed by atoms with Crippen molar-refractivity contribution in [1.29, 1.82) is 0 Å². The van der Waals surface area contributed by atoms with Crippen molar-refractivity contribution in [3.63, 3.8) is 0 Å². The maximum atomic E-state index is 11.5. The van der Waals surface area contributed by atoms with Gasteiger partial charge in [0.2, 0.25) is 11.8 Å². The maximum absolute atomic E-state index is 11.5. The Labute approximate surface area is 156 Å². The first kappa shape index (κ1) is 32.0. The Morgan fingerprint density at radius 2 is 1.56 bits per heavy atom. The topological polar surface area (TPSA) is 108 Å². The molecular weight excluding hydrogens is 343 g/mol. The molecule has 0 aromatic heterocycles. The number of aliphatic hydroxyl groups excluding tert-OH is 2. The molecule has 25 heavy (non-hydrogen) atoms. The molecule has 8 heteroatoms. The van der Waals surface area contributed by atoms with Gasteiger partial charge in [0.25, 0.3) is 0 Å². The van der Waals surface area contributed by atoms with Crippen molar-refractivity contribution in [3.05, 3.63) is 0 Å². The van der Waals surface area contributed by atoms with Gasteiger partial charge in [-0.3, -0.25) is 9.59 Å². The molecule has 0 fully saturated rings. The Kier molecular flexibility index (Phi) is 29.7. The molecular formula is C17H41N2O5P. The van der Waals surface area contributed by atoms with Crippen LogP contribution in [0.3, 0.4) is 0 Å². The van der Waals surface area contributed by atoms with E-state index in [1.165, 1.54) is 0 Å². The molecule has 0 radical (unpaired) electrons. The zero-order valence-electron chi connectivity index (χ0n) is 17.3. The van der Waals surface area contributed by atoms with Gasteiger partial charge in [0, 0.05) is 32.0 Å². The van der Waals surface area contributed by atoms with Gasteiger partial charge in [-0.2, -0.15) is 0 Å². The highest BCUT2D eigenvalue weighted by Crippen LogP contribution is 2.19. The van der Waals surface area contributed by atoms with Gasteiger partial charge >= 0.3 is 0 Å². The van der Waals surface area contributed by atoms with Crippen LogP contribution in [-0.2, 0) is 14.1 Å². The van der Waals surface area contributed by atoms with Crippen LogP contribution in [0.4, 0.5) is 0 Å². The van der Waals surface area contributed by atoms with E-state index in [4.69, 9.17) is 5.11 Å². The van der Waals surface area contributed by atoms with Gasteiger partial charge in [-0.05, 0) is 15.9 Å². The van der Waals surface area contributed by atoms with Crippen molar-refractivity contribution in [2.75, 3.05) is 26.8 Å². The Bertz CT molecular complexity index is 303. The highest BCUT2D eigenvalue weighted by molar-refractivity contribution is 7.09. The van der Waals surface area contributed by atoms with Crippen LogP contribution in [-0.4, -0.2) is 54.9 Å². The van der Waals surface area contributed by atoms with Gasteiger partial charge in [-0.15, -0.1) is 0 Å². The van der Waals surface area contributed by atoms with Gasteiger partial charge in [0.15, 0.2) is 0 Å². The number of hydrogen-bond acceptors (Lipinski definition) is 5. The number of amides is 2. The summed E-state index contributed by atoms with van der Waals surface area (Å²) in [6.07, 6.45) is -0.249. The van der Waals surface area contributed by atoms with Crippen molar-refractivity contribution in [2.45, 2.75) is 67.4 Å². The first-order chi connectivity index (χ1) is 11.8. The average molecular weight is 384 g/mol. The average Bonchev–Trinajstić information content (AvgIpc) is 2.63. The standard InChI is InChI=1S/C12H24N2O4.2C2H6.CH5OP/c1-4-6-13-9(16)5-7-14-11(18)10(17)12(2,3)8-15;2*1-2;1-2-3/h10,15,17H,4-8H2,1-3H3,(H,13,16)(H,14,18);2*1-2H3;3H2,1H3. The summed E-state index contributed by atoms with van der Waals surface area (Å²) in [5.41, 5.74) is -0.894. The van der Waals surface area contributed by atoms with Crippen LogP contribution in [0.25, 0.3) is 0 Å². The van der Waals surface area contributed by atoms with Crippen molar-refractivity contribution < 1.29 is 24.3 Å². The van der Waals surface area contributed by atoms with E-state index in [0.717, 1.165) is 6.42 Å². The van der Waals surface area contributed by atoms with Gasteiger partial charge in [0.05, 0.1) is 6.61 Å². The molecule has 4 N–H and O–H groups in total. The lowest BCUT2D eigenvalue weighted by atomic mass is 9.87. The fraction of sp³-hybridized carbons (Fsp3) is 0.882. The number of rotatable bonds is 8. The minimum atomic E-state index is -1.29. The predicted octanol–water partition coefficient (Wildman–Crippen LogP) is 1.87. The van der Waals surface area contributed by atoms with Gasteiger partial charge < -0.3 is 25.4 Å². The smallest absolute Gasteiger partial charge is 0.249 e. The van der Waals surface area contributed by atoms with Crippen LogP contribution >= 0.6 is 9.47 Å². The monoisotopic (exact) mass is 384 g/mol. The van der Waals surface area contributed by atoms with E-state index < -0.39 is 17.4 Å². The third-order valence-electron chi connectivity index (χ3n) is 2.62. The largest absolute Gasteiger partial charge is 0.396 e. The third kappa shape index (κ3) is 21.2. The van der Waals surface area contributed by atoms with Gasteiger partial charge in [0.1, 0.15) is 6.10 Å². The lowest BCUT2D eigenvalue weighted by Gasteiger charge is -2.27. The Hall–Kier alpha value is -0.750. The van der Waals surface area contributed by atoms with E-state index in [0.29, 0.717) is 6.54 Å². The summed E-state index contributed by atoms with van der Waals surface area (Å²) < 4.78 is 4.17. The van der Waals surface area contributed by atoms with E-state index in [2.05, 4.69) is 24.6 Å². The number of hydrogen-bond donors (Lipinski definition) is 4. The van der Waals surface area contributed by atoms with Gasteiger partial charge in [-0.25, -0.2) is 0 Å². The molecule has 154 valence electrons. The molecule has 2 atom stereocenters. The van der Waals surface area contributed by atoms with Gasteiger partial charge in [-0.1, -0.05) is 48.5 Å². The van der Waals surface area contributed by atoms with E-state index in [1.54, 1.807) is 21.0 Å². The van der Waals surface area contributed by atoms with Crippen LogP contribution in [0, 0.1) is 5.41 Å². The number of carbonyl (C=O) groups is 2. The summed E-state index contributed by atoms with van der Waals surface area (Å²) in [7, 11) is 3.67. The number of nitrogens with one attached hydrogen (secondary N) is 2. The second-order valence-electron chi connectivity index (χ2n) is 5.18. The Morgan fingerprint density at radius 1 is 1.12 bits per heavy atom. The summed E-state index contributed by atoms with van der Waals surface area (Å²) in [5.74, 6) is -0.703. The van der Waals surface area contributed by atoms with E-state index in [1.807, 2.05) is 34.6 Å². The highest BCUT2D eigenvalue weighted by atomic mass is 31.0. The molecule has 0 bridgehead atoms. The van der Waals surface area contributed by atoms with E-state index in [-0.39, 0.29) is 25.5 Å². The van der Waals surface area contributed by atoms with Crippen LogP contribution in [0.2, 0.25) is 0 Å². The second-order valence-corrected chi connectivity index (χ2v) is 5.65. The fourth-order valence-electron chi connectivity index (χ4n) is 1.19. The zero-order chi connectivity index (χ0) is 20.9. The molecule has 0 aromatic rings. The SMILES string of the molecule is CC.CC.CCCNC(=O)CCNC(=O)C(O)C(C)(C)CO.COP. The summed E-state index contributed by atoms with van der Waals surface area (Å²) in [6.45, 7) is 13.6. The summed E-state index contributed by atoms with van der Waals surface area (Å²) in [6, 6.07) is 0. The normalized spacial score (nSPS) is 10.5. The molecule has 2 unspecified atom stereocenters. The van der Waals surface area contributed by atoms with Crippen molar-refractivity contribution >= 4 is 21.3 Å². The molecule has 0 aliphatic rings. The molecule has 0 spiro atoms. The molecule has 0 saturated heterocycles. The molecule has 7 nitrogen and oxygen atoms in total. The summed E-state index contributed by atoms with van der Waals surface area (Å²) in [5, 5.41) is 23.9. The zero-order valence-corrected chi connectivity index (χ0v) is 18.5. The Morgan fingerprint density at radius 3 is 1.92 bits per heavy atom. The first-order valence-electron chi connectivity index (χ1n) is 8.83. The summed E-state index contributed by atoms with van der Waals surface area (Å²) in [4.78, 5) is 22.8. The fourth-order valence-corrected chi connectivity index (χ4v) is 1.19. The van der Waals surface area contributed by atoms with Crippen molar-refractivity contribution in [1.82, 2.24) is 10.6 Å². The van der Waals surface area contributed by atoms with Crippen molar-refractivity contribution in [3.8, 4) is 0 Å². The number of aliphatic hydroxyl groups is 2. The minimum absolute atomic E-state index is 0.131. The lowest BCUT2D eigenvalue weighted by molar-refractivity contribution is -0.137. The van der Waals surface area contributed by atoms with Crippen LogP contribution in [0.5, 0.6) is 0 Å². The van der Waals surface area contributed by atoms with Crippen molar-refractivity contribution in [2.24, 2.45) is 5.41 Å². The summed E-state index contributed by atoms with van der Waals surface area (Å²) >= 11 is 0. The highest BCUT2D eigenvalue weighted by Gasteiger charge is 2.32.